The molecule has 92 valence electrons. The summed E-state index contributed by atoms with van der Waals surface area (Å²) in [6.07, 6.45) is 0. The summed E-state index contributed by atoms with van der Waals surface area (Å²) in [6, 6.07) is 9.95. The van der Waals surface area contributed by atoms with E-state index in [9.17, 15) is 14.9 Å². The Morgan fingerprint density at radius 2 is 2.11 bits per heavy atom. The fourth-order valence-corrected chi connectivity index (χ4v) is 1.24. The van der Waals surface area contributed by atoms with E-state index < -0.39 is 16.7 Å². The van der Waals surface area contributed by atoms with Crippen molar-refractivity contribution in [3.8, 4) is 0 Å². The summed E-state index contributed by atoms with van der Waals surface area (Å²) in [6.45, 7) is 0.0637. The van der Waals surface area contributed by atoms with Crippen LogP contribution in [-0.2, 0) is 11.3 Å². The molecule has 0 amide bonds. The largest absolute Gasteiger partial charge is 0.455 e. The molecule has 0 saturated heterocycles. The van der Waals surface area contributed by atoms with Crippen molar-refractivity contribution < 1.29 is 19.0 Å². The van der Waals surface area contributed by atoms with Gasteiger partial charge in [0.15, 0.2) is 5.16 Å². The number of aromatic nitrogens is 1. The average molecular weight is 248 g/mol. The first kappa shape index (κ1) is 11.8. The van der Waals surface area contributed by atoms with Crippen molar-refractivity contribution in [2.24, 2.45) is 0 Å². The van der Waals surface area contributed by atoms with Crippen LogP contribution >= 0.6 is 0 Å². The fraction of sp³-hybridized carbons (Fsp3) is 0.0909. The third-order valence-corrected chi connectivity index (χ3v) is 2.10. The van der Waals surface area contributed by atoms with Crippen molar-refractivity contribution in [1.29, 1.82) is 0 Å². The van der Waals surface area contributed by atoms with E-state index in [0.717, 1.165) is 11.6 Å². The van der Waals surface area contributed by atoms with Crippen LogP contribution in [0.5, 0.6) is 0 Å². The van der Waals surface area contributed by atoms with Gasteiger partial charge in [0.25, 0.3) is 5.76 Å². The number of hydrogen-bond donors (Lipinski definition) is 0. The van der Waals surface area contributed by atoms with Crippen LogP contribution in [0, 0.1) is 10.1 Å². The molecule has 0 radical (unpaired) electrons. The van der Waals surface area contributed by atoms with E-state index in [-0.39, 0.29) is 12.4 Å². The van der Waals surface area contributed by atoms with Gasteiger partial charge in [-0.25, -0.2) is 9.32 Å². The molecule has 0 bridgehead atoms. The van der Waals surface area contributed by atoms with Gasteiger partial charge >= 0.3 is 11.8 Å². The normalized spacial score (nSPS) is 10.0. The van der Waals surface area contributed by atoms with Crippen molar-refractivity contribution in [3.05, 3.63) is 57.8 Å². The zero-order valence-corrected chi connectivity index (χ0v) is 9.11. The van der Waals surface area contributed by atoms with E-state index in [1.54, 1.807) is 12.1 Å². The first-order chi connectivity index (χ1) is 8.66. The maximum absolute atomic E-state index is 11.5. The average Bonchev–Trinajstić information content (AvgIpc) is 2.87. The Bertz CT molecular complexity index is 564. The first-order valence-electron chi connectivity index (χ1n) is 4.99. The summed E-state index contributed by atoms with van der Waals surface area (Å²) < 4.78 is 9.42. The van der Waals surface area contributed by atoms with E-state index in [1.165, 1.54) is 0 Å². The lowest BCUT2D eigenvalue weighted by Crippen LogP contribution is -2.03. The Morgan fingerprint density at radius 1 is 1.39 bits per heavy atom. The number of hydrogen-bond acceptors (Lipinski definition) is 6. The SMILES string of the molecule is O=C(OCc1ccccc1)c1cc([N+](=O)[O-])no1. The molecule has 7 nitrogen and oxygen atoms in total. The third kappa shape index (κ3) is 2.70. The van der Waals surface area contributed by atoms with Crippen LogP contribution in [0.15, 0.2) is 40.9 Å². The van der Waals surface area contributed by atoms with Gasteiger partial charge < -0.3 is 14.9 Å². The van der Waals surface area contributed by atoms with Gasteiger partial charge in [0.1, 0.15) is 6.61 Å². The maximum atomic E-state index is 11.5. The molecular formula is C11H8N2O5. The monoisotopic (exact) mass is 248 g/mol. The highest BCUT2D eigenvalue weighted by Crippen LogP contribution is 2.13. The Balaban J connectivity index is 1.97. The van der Waals surface area contributed by atoms with Gasteiger partial charge in [-0.1, -0.05) is 30.3 Å². The third-order valence-electron chi connectivity index (χ3n) is 2.10. The smallest absolute Gasteiger partial charge is 0.414 e. The molecule has 1 aromatic carbocycles. The lowest BCUT2D eigenvalue weighted by atomic mass is 10.2. The van der Waals surface area contributed by atoms with E-state index >= 15 is 0 Å². The van der Waals surface area contributed by atoms with Crippen molar-refractivity contribution in [3.63, 3.8) is 0 Å². The molecule has 1 aromatic heterocycles. The molecule has 2 rings (SSSR count). The summed E-state index contributed by atoms with van der Waals surface area (Å²) in [5.74, 6) is -1.61. The van der Waals surface area contributed by atoms with Crippen molar-refractivity contribution in [1.82, 2.24) is 5.16 Å². The number of carbonyl (C=O) groups excluding carboxylic acids is 1. The quantitative estimate of drug-likeness (QED) is 0.466. The minimum absolute atomic E-state index is 0.0637. The predicted molar refractivity (Wildman–Crippen MR) is 58.7 cm³/mol. The lowest BCUT2D eigenvalue weighted by Gasteiger charge is -2.00. The van der Waals surface area contributed by atoms with Gasteiger partial charge in [-0.15, -0.1) is 0 Å². The molecule has 1 heterocycles. The van der Waals surface area contributed by atoms with Gasteiger partial charge in [-0.2, -0.15) is 0 Å². The van der Waals surface area contributed by atoms with Crippen LogP contribution in [0.1, 0.15) is 16.1 Å². The van der Waals surface area contributed by atoms with Crippen LogP contribution in [0.3, 0.4) is 0 Å². The molecular weight excluding hydrogens is 240 g/mol. The summed E-state index contributed by atoms with van der Waals surface area (Å²) in [7, 11) is 0. The molecule has 0 aliphatic carbocycles. The highest BCUT2D eigenvalue weighted by atomic mass is 16.6. The van der Waals surface area contributed by atoms with Crippen molar-refractivity contribution in [2.75, 3.05) is 0 Å². The zero-order valence-electron chi connectivity index (χ0n) is 9.11. The van der Waals surface area contributed by atoms with Crippen molar-refractivity contribution in [2.45, 2.75) is 6.61 Å². The molecule has 7 heteroatoms. The minimum Gasteiger partial charge on any atom is -0.455 e. The Labute approximate surface area is 101 Å². The number of rotatable bonds is 4. The van der Waals surface area contributed by atoms with E-state index in [1.807, 2.05) is 18.2 Å². The van der Waals surface area contributed by atoms with Crippen LogP contribution in [0.2, 0.25) is 0 Å². The zero-order chi connectivity index (χ0) is 13.0. The molecule has 0 aliphatic rings. The number of ether oxygens (including phenoxy) is 1. The summed E-state index contributed by atoms with van der Waals surface area (Å²) >= 11 is 0. The number of carbonyl (C=O) groups is 1. The van der Waals surface area contributed by atoms with Crippen LogP contribution in [0.25, 0.3) is 0 Å². The van der Waals surface area contributed by atoms with Gasteiger partial charge in [-0.05, 0) is 10.5 Å². The molecule has 18 heavy (non-hydrogen) atoms. The predicted octanol–water partition coefficient (Wildman–Crippen LogP) is 1.94. The van der Waals surface area contributed by atoms with Crippen LogP contribution < -0.4 is 0 Å². The number of esters is 1. The second-order valence-corrected chi connectivity index (χ2v) is 3.37. The summed E-state index contributed by atoms with van der Waals surface area (Å²) in [5.41, 5.74) is 0.805. The molecule has 0 atom stereocenters. The molecule has 0 saturated carbocycles. The van der Waals surface area contributed by atoms with Gasteiger partial charge in [0, 0.05) is 0 Å². The van der Waals surface area contributed by atoms with E-state index in [0.29, 0.717) is 0 Å². The van der Waals surface area contributed by atoms with Crippen LogP contribution in [-0.4, -0.2) is 16.0 Å². The maximum Gasteiger partial charge on any atom is 0.414 e. The van der Waals surface area contributed by atoms with Gasteiger partial charge in [0.2, 0.25) is 0 Å². The van der Waals surface area contributed by atoms with Crippen molar-refractivity contribution >= 4 is 11.8 Å². The van der Waals surface area contributed by atoms with Gasteiger partial charge in [-0.3, -0.25) is 0 Å². The fourth-order valence-electron chi connectivity index (χ4n) is 1.24. The standard InChI is InChI=1S/C11H8N2O5/c14-11(9-6-10(12-18-9)13(15)16)17-7-8-4-2-1-3-5-8/h1-6H,7H2. The summed E-state index contributed by atoms with van der Waals surface area (Å²) in [4.78, 5) is 21.1. The highest BCUT2D eigenvalue weighted by molar-refractivity contribution is 5.86. The lowest BCUT2D eigenvalue weighted by molar-refractivity contribution is -0.390. The Morgan fingerprint density at radius 3 is 2.72 bits per heavy atom. The highest BCUT2D eigenvalue weighted by Gasteiger charge is 2.21. The number of nitrogens with zero attached hydrogens (tertiary/aromatic N) is 2. The summed E-state index contributed by atoms with van der Waals surface area (Å²) in [5, 5.41) is 13.5. The molecule has 0 fully saturated rings. The van der Waals surface area contributed by atoms with E-state index in [2.05, 4.69) is 9.68 Å². The topological polar surface area (TPSA) is 95.5 Å². The molecule has 0 aliphatic heterocycles. The Kier molecular flexibility index (Phi) is 3.33. The first-order valence-corrected chi connectivity index (χ1v) is 4.99. The molecule has 0 unspecified atom stereocenters. The number of nitro groups is 1. The van der Waals surface area contributed by atoms with Crippen LogP contribution in [0.4, 0.5) is 5.82 Å². The molecule has 2 aromatic rings. The Hall–Kier alpha value is -2.70. The van der Waals surface area contributed by atoms with Gasteiger partial charge in [0.05, 0.1) is 6.07 Å². The van der Waals surface area contributed by atoms with E-state index in [4.69, 9.17) is 4.74 Å². The second-order valence-electron chi connectivity index (χ2n) is 3.37. The molecule has 0 spiro atoms. The minimum atomic E-state index is -0.792. The number of benzene rings is 1. The molecule has 0 N–H and O–H groups in total. The second kappa shape index (κ2) is 5.09.